The number of aliphatic carboxylic acids is 1. The number of amidine groups is 1. The van der Waals surface area contributed by atoms with Crippen molar-refractivity contribution in [3.05, 3.63) is 59.7 Å². The number of benzene rings is 2. The maximum absolute atomic E-state index is 12.5. The van der Waals surface area contributed by atoms with Crippen LogP contribution in [0.3, 0.4) is 0 Å². The average molecular weight is 419 g/mol. The van der Waals surface area contributed by atoms with E-state index >= 15 is 0 Å². The van der Waals surface area contributed by atoms with Gasteiger partial charge in [0.05, 0.1) is 11.3 Å². The summed E-state index contributed by atoms with van der Waals surface area (Å²) >= 11 is 0. The number of ketones is 1. The molecule has 30 heavy (non-hydrogen) atoms. The monoisotopic (exact) mass is 419 g/mol. The number of Topliss-reactive ketones (excluding diaryl/α,β-unsaturated/α-hetero) is 1. The molecule has 0 radical (unpaired) electrons. The molecule has 0 fully saturated rings. The molecule has 0 spiro atoms. The Morgan fingerprint density at radius 2 is 1.77 bits per heavy atom. The molecule has 7 nitrogen and oxygen atoms in total. The molecular weight excluding hydrogens is 403 g/mol. The number of hydrogen-bond donors (Lipinski definition) is 2. The Labute approximate surface area is 168 Å². The van der Waals surface area contributed by atoms with E-state index in [-0.39, 0.29) is 11.7 Å². The zero-order valence-electron chi connectivity index (χ0n) is 15.4. The predicted octanol–water partition coefficient (Wildman–Crippen LogP) is 3.38. The minimum atomic E-state index is -5.08. The van der Waals surface area contributed by atoms with Crippen LogP contribution in [0.5, 0.6) is 0 Å². The molecular formula is C20H16F3N3O4. The molecule has 2 aliphatic heterocycles. The molecule has 10 heteroatoms. The maximum atomic E-state index is 12.5. The van der Waals surface area contributed by atoms with Crippen LogP contribution in [0, 0.1) is 0 Å². The molecule has 2 aromatic carbocycles. The fourth-order valence-electron chi connectivity index (χ4n) is 2.98. The number of halogens is 3. The maximum Gasteiger partial charge on any atom is 0.490 e. The van der Waals surface area contributed by atoms with Crippen molar-refractivity contribution in [1.82, 2.24) is 0 Å². The van der Waals surface area contributed by atoms with Crippen LogP contribution in [0.25, 0.3) is 0 Å². The van der Waals surface area contributed by atoms with Crippen molar-refractivity contribution in [1.29, 1.82) is 0 Å². The Morgan fingerprint density at radius 1 is 1.10 bits per heavy atom. The second-order valence-electron chi connectivity index (χ2n) is 6.39. The zero-order chi connectivity index (χ0) is 21.9. The van der Waals surface area contributed by atoms with E-state index < -0.39 is 12.1 Å². The molecule has 2 aromatic rings. The van der Waals surface area contributed by atoms with Gasteiger partial charge >= 0.3 is 12.1 Å². The molecule has 0 aliphatic carbocycles. The van der Waals surface area contributed by atoms with Crippen LogP contribution < -0.4 is 10.2 Å². The van der Waals surface area contributed by atoms with Crippen LogP contribution in [0.4, 0.5) is 24.5 Å². The van der Waals surface area contributed by atoms with Gasteiger partial charge in [0.15, 0.2) is 5.84 Å². The van der Waals surface area contributed by atoms with Gasteiger partial charge in [-0.3, -0.25) is 14.6 Å². The summed E-state index contributed by atoms with van der Waals surface area (Å²) in [6, 6.07) is 14.4. The van der Waals surface area contributed by atoms with Gasteiger partial charge in [0.25, 0.3) is 5.91 Å². The number of anilines is 2. The first-order chi connectivity index (χ1) is 14.2. The van der Waals surface area contributed by atoms with Gasteiger partial charge in [0, 0.05) is 24.3 Å². The molecule has 0 unspecified atom stereocenters. The second-order valence-corrected chi connectivity index (χ2v) is 6.39. The third kappa shape index (κ3) is 4.48. The highest BCUT2D eigenvalue weighted by atomic mass is 19.4. The summed E-state index contributed by atoms with van der Waals surface area (Å²) in [5.74, 6) is -2.48. The van der Waals surface area contributed by atoms with Crippen LogP contribution in [0.2, 0.25) is 0 Å². The molecule has 2 heterocycles. The number of carbonyl (C=O) groups excluding carboxylic acids is 2. The highest BCUT2D eigenvalue weighted by Crippen LogP contribution is 2.33. The Morgan fingerprint density at radius 3 is 2.40 bits per heavy atom. The summed E-state index contributed by atoms with van der Waals surface area (Å²) in [7, 11) is 0. The van der Waals surface area contributed by atoms with Crippen LogP contribution >= 0.6 is 0 Å². The molecule has 2 aliphatic rings. The Bertz CT molecular complexity index is 1020. The number of nitrogens with zero attached hydrogens (tertiary/aromatic N) is 2. The van der Waals surface area contributed by atoms with Gasteiger partial charge in [-0.1, -0.05) is 18.2 Å². The van der Waals surface area contributed by atoms with Crippen molar-refractivity contribution in [2.75, 3.05) is 23.3 Å². The van der Waals surface area contributed by atoms with Crippen LogP contribution in [0.15, 0.2) is 53.5 Å². The van der Waals surface area contributed by atoms with Gasteiger partial charge in [-0.15, -0.1) is 0 Å². The lowest BCUT2D eigenvalue weighted by atomic mass is 10.1. The summed E-state index contributed by atoms with van der Waals surface area (Å²) in [5.41, 5.74) is 2.69. The van der Waals surface area contributed by atoms with Crippen molar-refractivity contribution in [2.45, 2.75) is 12.6 Å². The van der Waals surface area contributed by atoms with E-state index in [2.05, 4.69) is 10.3 Å². The molecule has 156 valence electrons. The van der Waals surface area contributed by atoms with E-state index in [1.54, 1.807) is 18.2 Å². The lowest BCUT2D eigenvalue weighted by Crippen LogP contribution is -2.34. The molecule has 0 saturated carbocycles. The topological polar surface area (TPSA) is 99.1 Å². The van der Waals surface area contributed by atoms with Crippen molar-refractivity contribution in [2.24, 2.45) is 4.99 Å². The predicted molar refractivity (Wildman–Crippen MR) is 103 cm³/mol. The molecule has 1 amide bonds. The number of carboxylic acids is 1. The smallest absolute Gasteiger partial charge is 0.475 e. The minimum absolute atomic E-state index is 0.0597. The summed E-state index contributed by atoms with van der Waals surface area (Å²) in [5, 5.41) is 9.97. The number of alkyl halides is 3. The summed E-state index contributed by atoms with van der Waals surface area (Å²) in [4.78, 5) is 39.9. The number of carbonyl (C=O) groups is 3. The van der Waals surface area contributed by atoms with E-state index in [0.717, 1.165) is 18.7 Å². The van der Waals surface area contributed by atoms with Gasteiger partial charge < -0.3 is 15.3 Å². The second kappa shape index (κ2) is 8.36. The fraction of sp³-hybridized carbons (Fsp3) is 0.200. The highest BCUT2D eigenvalue weighted by molar-refractivity contribution is 6.54. The van der Waals surface area contributed by atoms with E-state index in [1.165, 1.54) is 0 Å². The molecule has 0 saturated heterocycles. The van der Waals surface area contributed by atoms with Gasteiger partial charge in [0.2, 0.25) is 5.78 Å². The zero-order valence-corrected chi connectivity index (χ0v) is 15.4. The Balaban J connectivity index is 0.000000318. The van der Waals surface area contributed by atoms with Crippen molar-refractivity contribution >= 4 is 34.9 Å². The van der Waals surface area contributed by atoms with Crippen molar-refractivity contribution in [3.63, 3.8) is 0 Å². The number of amides is 1. The van der Waals surface area contributed by atoms with Crippen molar-refractivity contribution < 1.29 is 32.7 Å². The highest BCUT2D eigenvalue weighted by Gasteiger charge is 2.38. The van der Waals surface area contributed by atoms with Crippen molar-refractivity contribution in [3.8, 4) is 0 Å². The average Bonchev–Trinajstić information content (AvgIpc) is 3.01. The van der Waals surface area contributed by atoms with E-state index in [0.29, 0.717) is 29.2 Å². The van der Waals surface area contributed by atoms with E-state index in [1.807, 2.05) is 35.2 Å². The van der Waals surface area contributed by atoms with Gasteiger partial charge in [0.1, 0.15) is 0 Å². The van der Waals surface area contributed by atoms with E-state index in [4.69, 9.17) is 9.90 Å². The van der Waals surface area contributed by atoms with Crippen LogP contribution in [0.1, 0.15) is 27.1 Å². The Kier molecular flexibility index (Phi) is 5.86. The summed E-state index contributed by atoms with van der Waals surface area (Å²) in [6.07, 6.45) is -4.14. The minimum Gasteiger partial charge on any atom is -0.475 e. The van der Waals surface area contributed by atoms with Crippen LogP contribution in [-0.2, 0) is 4.79 Å². The first-order valence-corrected chi connectivity index (χ1v) is 8.85. The molecule has 2 N–H and O–H groups in total. The fourth-order valence-corrected chi connectivity index (χ4v) is 2.98. The molecule has 0 bridgehead atoms. The third-order valence-electron chi connectivity index (χ3n) is 4.33. The Hall–Kier alpha value is -3.69. The molecule has 0 atom stereocenters. The number of hydrogen-bond acceptors (Lipinski definition) is 5. The standard InChI is InChI=1S/C18H15N3O2.C2HF3O2/c22-16-14-11-13(20-18(23)12-5-2-1-3-6-12)7-8-15(14)21-10-4-9-19-17(16)21;3-2(4,5)1(6)7/h1-3,5-8,11H,4,9-10H2,(H,20,23);(H,6,7). The first-order valence-electron chi connectivity index (χ1n) is 8.85. The van der Waals surface area contributed by atoms with Gasteiger partial charge in [-0.25, -0.2) is 4.79 Å². The SMILES string of the molecule is O=C(Nc1ccc2c(c1)C(=O)C1=NCCCN12)c1ccccc1.O=C(O)C(F)(F)F. The van der Waals surface area contributed by atoms with E-state index in [9.17, 15) is 22.8 Å². The largest absolute Gasteiger partial charge is 0.490 e. The number of nitrogens with one attached hydrogen (secondary N) is 1. The number of fused-ring (bicyclic) bond motifs is 3. The number of carboxylic acid groups (broad SMARTS) is 1. The van der Waals surface area contributed by atoms with Gasteiger partial charge in [-0.2, -0.15) is 13.2 Å². The third-order valence-corrected chi connectivity index (χ3v) is 4.33. The first kappa shape index (κ1) is 21.0. The normalized spacial score (nSPS) is 14.7. The number of aliphatic imine (C=N–C) groups is 1. The summed E-state index contributed by atoms with van der Waals surface area (Å²) < 4.78 is 31.7. The van der Waals surface area contributed by atoms with Gasteiger partial charge in [-0.05, 0) is 36.8 Å². The number of rotatable bonds is 2. The lowest BCUT2D eigenvalue weighted by Gasteiger charge is -2.22. The summed E-state index contributed by atoms with van der Waals surface area (Å²) in [6.45, 7) is 1.51. The molecule has 0 aromatic heterocycles. The van der Waals surface area contributed by atoms with Crippen LogP contribution in [-0.4, -0.2) is 47.9 Å². The quantitative estimate of drug-likeness (QED) is 0.778. The molecule has 4 rings (SSSR count). The lowest BCUT2D eigenvalue weighted by molar-refractivity contribution is -0.192.